The number of rotatable bonds is 5. The van der Waals surface area contributed by atoms with Gasteiger partial charge < -0.3 is 9.47 Å². The maximum absolute atomic E-state index is 13.5. The van der Waals surface area contributed by atoms with Gasteiger partial charge in [-0.25, -0.2) is 4.39 Å². The van der Waals surface area contributed by atoms with Crippen LogP contribution in [0, 0.1) is 5.82 Å². The maximum Gasteiger partial charge on any atom is 0.272 e. The lowest BCUT2D eigenvalue weighted by atomic mass is 10.1. The third-order valence-corrected chi connectivity index (χ3v) is 3.27. The average Bonchev–Trinajstić information content (AvgIpc) is 2.64. The molecule has 25 heavy (non-hydrogen) atoms. The van der Waals surface area contributed by atoms with E-state index in [2.05, 4.69) is 10.9 Å². The van der Waals surface area contributed by atoms with E-state index in [0.29, 0.717) is 17.1 Å². The van der Waals surface area contributed by atoms with Crippen LogP contribution in [0.2, 0.25) is 0 Å². The zero-order valence-electron chi connectivity index (χ0n) is 13.7. The van der Waals surface area contributed by atoms with Crippen molar-refractivity contribution in [2.75, 3.05) is 14.2 Å². The van der Waals surface area contributed by atoms with Gasteiger partial charge in [-0.1, -0.05) is 12.1 Å². The molecule has 0 aliphatic rings. The van der Waals surface area contributed by atoms with Gasteiger partial charge in [-0.15, -0.1) is 0 Å². The number of carbonyl (C=O) groups is 2. The van der Waals surface area contributed by atoms with Gasteiger partial charge in [0.1, 0.15) is 17.3 Å². The van der Waals surface area contributed by atoms with Gasteiger partial charge in [-0.05, 0) is 30.3 Å². The first-order valence-corrected chi connectivity index (χ1v) is 7.30. The van der Waals surface area contributed by atoms with Crippen LogP contribution in [0.4, 0.5) is 4.39 Å². The predicted octanol–water partition coefficient (Wildman–Crippen LogP) is 2.32. The van der Waals surface area contributed by atoms with E-state index in [-0.39, 0.29) is 5.56 Å². The Morgan fingerprint density at radius 2 is 1.80 bits per heavy atom. The third kappa shape index (κ3) is 4.81. The molecule has 0 fully saturated rings. The fourth-order valence-corrected chi connectivity index (χ4v) is 1.99. The maximum atomic E-state index is 13.5. The molecule has 2 N–H and O–H groups in total. The first-order valence-electron chi connectivity index (χ1n) is 7.30. The van der Waals surface area contributed by atoms with E-state index in [0.717, 1.165) is 6.07 Å². The normalized spacial score (nSPS) is 10.4. The zero-order valence-corrected chi connectivity index (χ0v) is 13.7. The largest absolute Gasteiger partial charge is 0.497 e. The molecule has 6 nitrogen and oxygen atoms in total. The van der Waals surface area contributed by atoms with Gasteiger partial charge in [0.25, 0.3) is 11.8 Å². The lowest BCUT2D eigenvalue weighted by Gasteiger charge is -2.08. The van der Waals surface area contributed by atoms with Crippen molar-refractivity contribution in [3.05, 3.63) is 65.5 Å². The van der Waals surface area contributed by atoms with Crippen LogP contribution in [0.5, 0.6) is 11.5 Å². The number of hydrogen-bond donors (Lipinski definition) is 2. The molecular formula is C18H17FN2O4. The van der Waals surface area contributed by atoms with Crippen molar-refractivity contribution in [3.8, 4) is 11.5 Å². The molecule has 0 unspecified atom stereocenters. The van der Waals surface area contributed by atoms with E-state index in [1.54, 1.807) is 18.2 Å². The Morgan fingerprint density at radius 3 is 2.48 bits per heavy atom. The molecule has 0 aromatic heterocycles. The van der Waals surface area contributed by atoms with Crippen LogP contribution in [-0.4, -0.2) is 26.0 Å². The van der Waals surface area contributed by atoms with Crippen molar-refractivity contribution in [1.82, 2.24) is 10.9 Å². The van der Waals surface area contributed by atoms with Crippen molar-refractivity contribution in [3.63, 3.8) is 0 Å². The number of benzene rings is 2. The molecule has 2 aromatic rings. The van der Waals surface area contributed by atoms with E-state index in [4.69, 9.17) is 9.47 Å². The Balaban J connectivity index is 1.97. The summed E-state index contributed by atoms with van der Waals surface area (Å²) in [5.74, 6) is -0.855. The summed E-state index contributed by atoms with van der Waals surface area (Å²) in [4.78, 5) is 23.6. The van der Waals surface area contributed by atoms with Crippen LogP contribution < -0.4 is 20.3 Å². The van der Waals surface area contributed by atoms with Gasteiger partial charge in [0.05, 0.1) is 19.8 Å². The third-order valence-electron chi connectivity index (χ3n) is 3.27. The minimum Gasteiger partial charge on any atom is -0.497 e. The fraction of sp³-hybridized carbons (Fsp3) is 0.111. The highest BCUT2D eigenvalue weighted by Crippen LogP contribution is 2.25. The van der Waals surface area contributed by atoms with Gasteiger partial charge in [0.15, 0.2) is 0 Å². The zero-order chi connectivity index (χ0) is 18.2. The summed E-state index contributed by atoms with van der Waals surface area (Å²) in [6.45, 7) is 0. The lowest BCUT2D eigenvalue weighted by molar-refractivity contribution is -0.117. The number of hydrazine groups is 1. The highest BCUT2D eigenvalue weighted by Gasteiger charge is 2.10. The first-order chi connectivity index (χ1) is 12.0. The van der Waals surface area contributed by atoms with Crippen LogP contribution in [0.25, 0.3) is 6.08 Å². The summed E-state index contributed by atoms with van der Waals surface area (Å²) in [7, 11) is 3.04. The van der Waals surface area contributed by atoms with Crippen LogP contribution in [0.15, 0.2) is 48.5 Å². The molecule has 0 aliphatic heterocycles. The van der Waals surface area contributed by atoms with Crippen LogP contribution in [0.1, 0.15) is 15.9 Å². The number of halogens is 1. The number of methoxy groups -OCH3 is 2. The van der Waals surface area contributed by atoms with Gasteiger partial charge in [0, 0.05) is 17.7 Å². The van der Waals surface area contributed by atoms with Gasteiger partial charge in [0.2, 0.25) is 0 Å². The Labute approximate surface area is 144 Å². The SMILES string of the molecule is COc1ccc(/C=C/C(=O)NNC(=O)c2ccccc2F)c(OC)c1. The molecule has 0 saturated carbocycles. The minimum atomic E-state index is -0.748. The summed E-state index contributed by atoms with van der Waals surface area (Å²) in [6.07, 6.45) is 2.73. The summed E-state index contributed by atoms with van der Waals surface area (Å²) >= 11 is 0. The second kappa shape index (κ2) is 8.49. The highest BCUT2D eigenvalue weighted by molar-refractivity contribution is 5.98. The monoisotopic (exact) mass is 344 g/mol. The van der Waals surface area contributed by atoms with Crippen LogP contribution in [-0.2, 0) is 4.79 Å². The van der Waals surface area contributed by atoms with E-state index in [9.17, 15) is 14.0 Å². The molecule has 0 heterocycles. The second-order valence-corrected chi connectivity index (χ2v) is 4.86. The van der Waals surface area contributed by atoms with Crippen LogP contribution >= 0.6 is 0 Å². The van der Waals surface area contributed by atoms with Crippen LogP contribution in [0.3, 0.4) is 0 Å². The quantitative estimate of drug-likeness (QED) is 0.645. The van der Waals surface area contributed by atoms with E-state index in [1.165, 1.54) is 44.6 Å². The molecule has 0 spiro atoms. The van der Waals surface area contributed by atoms with E-state index >= 15 is 0 Å². The van der Waals surface area contributed by atoms with Crippen molar-refractivity contribution in [2.24, 2.45) is 0 Å². The van der Waals surface area contributed by atoms with Crippen molar-refractivity contribution in [1.29, 1.82) is 0 Å². The molecule has 2 aromatic carbocycles. The Morgan fingerprint density at radius 1 is 1.04 bits per heavy atom. The number of hydrogen-bond acceptors (Lipinski definition) is 4. The molecular weight excluding hydrogens is 327 g/mol. The summed E-state index contributed by atoms with van der Waals surface area (Å²) in [5.41, 5.74) is 4.81. The van der Waals surface area contributed by atoms with Gasteiger partial charge in [-0.3, -0.25) is 20.4 Å². The molecule has 0 aliphatic carbocycles. The Hall–Kier alpha value is -3.35. The van der Waals surface area contributed by atoms with E-state index in [1.807, 2.05) is 0 Å². The number of carbonyl (C=O) groups excluding carboxylic acids is 2. The fourth-order valence-electron chi connectivity index (χ4n) is 1.99. The topological polar surface area (TPSA) is 76.7 Å². The predicted molar refractivity (Wildman–Crippen MR) is 90.6 cm³/mol. The van der Waals surface area contributed by atoms with Crippen molar-refractivity contribution < 1.29 is 23.5 Å². The molecule has 0 bridgehead atoms. The molecule has 130 valence electrons. The second-order valence-electron chi connectivity index (χ2n) is 4.86. The molecule has 2 amide bonds. The highest BCUT2D eigenvalue weighted by atomic mass is 19.1. The Bertz CT molecular complexity index is 805. The Kier molecular flexibility index (Phi) is 6.11. The van der Waals surface area contributed by atoms with Gasteiger partial charge >= 0.3 is 0 Å². The standard InChI is InChI=1S/C18H17FN2O4/c1-24-13-9-7-12(16(11-13)25-2)8-10-17(22)20-21-18(23)14-5-3-4-6-15(14)19/h3-11H,1-2H3,(H,20,22)(H,21,23)/b10-8+. The average molecular weight is 344 g/mol. The number of ether oxygens (including phenoxy) is 2. The number of amides is 2. The minimum absolute atomic E-state index is 0.163. The molecule has 2 rings (SSSR count). The van der Waals surface area contributed by atoms with Crippen molar-refractivity contribution >= 4 is 17.9 Å². The van der Waals surface area contributed by atoms with E-state index < -0.39 is 17.6 Å². The summed E-state index contributed by atoms with van der Waals surface area (Å²) < 4.78 is 23.8. The lowest BCUT2D eigenvalue weighted by Crippen LogP contribution is -2.41. The summed E-state index contributed by atoms with van der Waals surface area (Å²) in [6, 6.07) is 10.6. The molecule has 7 heteroatoms. The smallest absolute Gasteiger partial charge is 0.272 e. The first kappa shape index (κ1) is 18.0. The number of nitrogens with one attached hydrogen (secondary N) is 2. The summed E-state index contributed by atoms with van der Waals surface area (Å²) in [5, 5.41) is 0. The molecule has 0 saturated heterocycles. The van der Waals surface area contributed by atoms with Gasteiger partial charge in [-0.2, -0.15) is 0 Å². The molecule has 0 atom stereocenters. The molecule has 0 radical (unpaired) electrons. The van der Waals surface area contributed by atoms with Crippen molar-refractivity contribution in [2.45, 2.75) is 0 Å².